The van der Waals surface area contributed by atoms with E-state index in [1.165, 1.54) is 6.08 Å². The predicted octanol–water partition coefficient (Wildman–Crippen LogP) is 6.50. The van der Waals surface area contributed by atoms with Gasteiger partial charge in [-0.05, 0) is 54.6 Å². The van der Waals surface area contributed by atoms with Crippen molar-refractivity contribution in [3.63, 3.8) is 0 Å². The third-order valence-electron chi connectivity index (χ3n) is 4.14. The van der Waals surface area contributed by atoms with Crippen molar-refractivity contribution in [3.8, 4) is 11.3 Å². The van der Waals surface area contributed by atoms with Crippen molar-refractivity contribution in [1.82, 2.24) is 0 Å². The summed E-state index contributed by atoms with van der Waals surface area (Å²) in [5, 5.41) is 6.57. The molecule has 2 N–H and O–H groups in total. The second-order valence-electron chi connectivity index (χ2n) is 6.87. The van der Waals surface area contributed by atoms with E-state index < -0.39 is 0 Å². The molecule has 0 spiro atoms. The van der Waals surface area contributed by atoms with Crippen molar-refractivity contribution in [3.05, 3.63) is 76.5 Å². The maximum absolute atomic E-state index is 12.2. The maximum Gasteiger partial charge on any atom is 0.248 e. The fourth-order valence-corrected chi connectivity index (χ4v) is 3.08. The minimum absolute atomic E-state index is 0.0900. The van der Waals surface area contributed by atoms with Gasteiger partial charge in [-0.25, -0.2) is 0 Å². The number of carbonyl (C=O) groups excluding carboxylic acids is 2. The molecule has 0 saturated heterocycles. The highest BCUT2D eigenvalue weighted by molar-refractivity contribution is 6.36. The predicted molar refractivity (Wildman–Crippen MR) is 122 cm³/mol. The molecule has 0 radical (unpaired) electrons. The summed E-state index contributed by atoms with van der Waals surface area (Å²) in [6, 6.07) is 15.6. The number of rotatable bonds is 6. The van der Waals surface area contributed by atoms with Gasteiger partial charge in [0.05, 0.1) is 5.02 Å². The highest BCUT2D eigenvalue weighted by Crippen LogP contribution is 2.31. The van der Waals surface area contributed by atoms with Crippen LogP contribution < -0.4 is 10.6 Å². The van der Waals surface area contributed by atoms with Gasteiger partial charge in [-0.3, -0.25) is 9.59 Å². The molecule has 7 heteroatoms. The Bertz CT molecular complexity index is 1100. The summed E-state index contributed by atoms with van der Waals surface area (Å²) in [5.41, 5.74) is 1.90. The summed E-state index contributed by atoms with van der Waals surface area (Å²) in [5.74, 6) is 0.527. The summed E-state index contributed by atoms with van der Waals surface area (Å²) in [6.07, 6.45) is 2.93. The summed E-state index contributed by atoms with van der Waals surface area (Å²) in [6.45, 7) is 3.62. The van der Waals surface area contributed by atoms with Crippen molar-refractivity contribution in [2.45, 2.75) is 13.8 Å². The molecule has 1 aromatic heterocycles. The smallest absolute Gasteiger partial charge is 0.248 e. The average Bonchev–Trinajstić information content (AvgIpc) is 3.15. The highest BCUT2D eigenvalue weighted by atomic mass is 35.5. The van der Waals surface area contributed by atoms with Gasteiger partial charge in [0.1, 0.15) is 11.5 Å². The van der Waals surface area contributed by atoms with E-state index in [9.17, 15) is 9.59 Å². The molecule has 0 fully saturated rings. The first-order chi connectivity index (χ1) is 14.3. The fraction of sp³-hybridized carbons (Fsp3) is 0.130. The van der Waals surface area contributed by atoms with E-state index >= 15 is 0 Å². The first-order valence-electron chi connectivity index (χ1n) is 9.27. The Labute approximate surface area is 184 Å². The van der Waals surface area contributed by atoms with Gasteiger partial charge in [-0.1, -0.05) is 43.1 Å². The molecule has 2 aromatic carbocycles. The molecule has 1 heterocycles. The lowest BCUT2D eigenvalue weighted by Gasteiger charge is -2.09. The van der Waals surface area contributed by atoms with Crippen LogP contribution in [0.2, 0.25) is 10.0 Å². The third-order valence-corrected chi connectivity index (χ3v) is 4.69. The van der Waals surface area contributed by atoms with E-state index in [-0.39, 0.29) is 17.7 Å². The van der Waals surface area contributed by atoms with E-state index in [0.717, 1.165) is 0 Å². The Hall–Kier alpha value is -3.02. The number of halogens is 2. The topological polar surface area (TPSA) is 71.3 Å². The molecule has 0 atom stereocenters. The summed E-state index contributed by atoms with van der Waals surface area (Å²) in [7, 11) is 0. The van der Waals surface area contributed by atoms with E-state index in [2.05, 4.69) is 10.6 Å². The van der Waals surface area contributed by atoms with Gasteiger partial charge >= 0.3 is 0 Å². The van der Waals surface area contributed by atoms with Gasteiger partial charge in [0.25, 0.3) is 0 Å². The maximum atomic E-state index is 12.2. The number of nitrogens with one attached hydrogen (secondary N) is 2. The minimum Gasteiger partial charge on any atom is -0.457 e. The lowest BCUT2D eigenvalue weighted by Crippen LogP contribution is -2.17. The van der Waals surface area contributed by atoms with Gasteiger partial charge in [0.2, 0.25) is 11.8 Å². The number of hydrogen-bond donors (Lipinski definition) is 2. The van der Waals surface area contributed by atoms with Crippen molar-refractivity contribution < 1.29 is 14.0 Å². The molecule has 5 nitrogen and oxygen atoms in total. The van der Waals surface area contributed by atoms with Crippen LogP contribution >= 0.6 is 23.2 Å². The monoisotopic (exact) mass is 442 g/mol. The van der Waals surface area contributed by atoms with E-state index in [0.29, 0.717) is 38.5 Å². The average molecular weight is 443 g/mol. The second-order valence-corrected chi connectivity index (χ2v) is 7.72. The molecule has 3 rings (SSSR count). The first-order valence-corrected chi connectivity index (χ1v) is 10.0. The second kappa shape index (κ2) is 9.65. The Morgan fingerprint density at radius 3 is 2.40 bits per heavy atom. The number of furan rings is 1. The van der Waals surface area contributed by atoms with E-state index in [4.69, 9.17) is 27.6 Å². The van der Waals surface area contributed by atoms with E-state index in [1.54, 1.807) is 60.7 Å². The van der Waals surface area contributed by atoms with Crippen LogP contribution in [0, 0.1) is 5.92 Å². The molecule has 3 aromatic rings. The number of benzene rings is 2. The summed E-state index contributed by atoms with van der Waals surface area (Å²) < 4.78 is 5.73. The van der Waals surface area contributed by atoms with E-state index in [1.807, 2.05) is 13.8 Å². The molecule has 154 valence electrons. The lowest BCUT2D eigenvalue weighted by atomic mass is 10.2. The van der Waals surface area contributed by atoms with Crippen LogP contribution in [0.15, 0.2) is 65.1 Å². The minimum atomic E-state index is -0.329. The molecular weight excluding hydrogens is 423 g/mol. The Morgan fingerprint density at radius 1 is 0.967 bits per heavy atom. The summed E-state index contributed by atoms with van der Waals surface area (Å²) >= 11 is 12.1. The zero-order valence-electron chi connectivity index (χ0n) is 16.4. The molecule has 0 saturated carbocycles. The van der Waals surface area contributed by atoms with Crippen LogP contribution in [-0.4, -0.2) is 11.8 Å². The van der Waals surface area contributed by atoms with Gasteiger partial charge in [-0.15, -0.1) is 0 Å². The van der Waals surface area contributed by atoms with Gasteiger partial charge < -0.3 is 15.1 Å². The number of carbonyl (C=O) groups is 2. The van der Waals surface area contributed by atoms with Crippen molar-refractivity contribution in [2.75, 3.05) is 10.6 Å². The molecule has 0 bridgehead atoms. The number of amides is 2. The van der Waals surface area contributed by atoms with Crippen LogP contribution in [0.4, 0.5) is 11.4 Å². The molecule has 0 aliphatic heterocycles. The van der Waals surface area contributed by atoms with Crippen LogP contribution in [-0.2, 0) is 9.59 Å². The SMILES string of the molecule is CC(C)C(=O)Nc1cccc(NC(=O)/C=C/c2ccc(-c3ccc(Cl)cc3Cl)o2)c1. The molecule has 0 aliphatic carbocycles. The van der Waals surface area contributed by atoms with Crippen molar-refractivity contribution in [2.24, 2.45) is 5.92 Å². The fourth-order valence-electron chi connectivity index (χ4n) is 2.58. The molecular formula is C23H20Cl2N2O3. The number of anilines is 2. The van der Waals surface area contributed by atoms with Crippen LogP contribution in [0.3, 0.4) is 0 Å². The zero-order chi connectivity index (χ0) is 21.7. The third kappa shape index (κ3) is 5.75. The Balaban J connectivity index is 1.64. The van der Waals surface area contributed by atoms with Crippen molar-refractivity contribution in [1.29, 1.82) is 0 Å². The standard InChI is InChI=1S/C23H20Cl2N2O3/c1-14(2)23(29)27-17-5-3-4-16(13-17)26-22(28)11-8-18-7-10-21(30-18)19-9-6-15(24)12-20(19)25/h3-14H,1-2H3,(H,26,28)(H,27,29)/b11-8+. The van der Waals surface area contributed by atoms with Gasteiger partial charge in [-0.2, -0.15) is 0 Å². The Kier molecular flexibility index (Phi) is 6.98. The van der Waals surface area contributed by atoms with Crippen LogP contribution in [0.1, 0.15) is 19.6 Å². The largest absolute Gasteiger partial charge is 0.457 e. The zero-order valence-corrected chi connectivity index (χ0v) is 17.9. The normalized spacial score (nSPS) is 11.1. The molecule has 0 unspecified atom stereocenters. The van der Waals surface area contributed by atoms with Gasteiger partial charge in [0.15, 0.2) is 0 Å². The highest BCUT2D eigenvalue weighted by Gasteiger charge is 2.09. The summed E-state index contributed by atoms with van der Waals surface area (Å²) in [4.78, 5) is 24.0. The molecule has 2 amide bonds. The van der Waals surface area contributed by atoms with Gasteiger partial charge in [0, 0.05) is 34.0 Å². The molecule has 30 heavy (non-hydrogen) atoms. The first kappa shape index (κ1) is 21.7. The Morgan fingerprint density at radius 2 is 1.70 bits per heavy atom. The van der Waals surface area contributed by atoms with Crippen molar-refractivity contribution >= 4 is 52.5 Å². The quantitative estimate of drug-likeness (QED) is 0.427. The number of hydrogen-bond acceptors (Lipinski definition) is 3. The lowest BCUT2D eigenvalue weighted by molar-refractivity contribution is -0.119. The van der Waals surface area contributed by atoms with Crippen LogP contribution in [0.25, 0.3) is 17.4 Å². The van der Waals surface area contributed by atoms with Crippen LogP contribution in [0.5, 0.6) is 0 Å². The molecule has 0 aliphatic rings.